The summed E-state index contributed by atoms with van der Waals surface area (Å²) < 4.78 is 3.60. The lowest BCUT2D eigenvalue weighted by Crippen LogP contribution is -2.25. The molecule has 1 aliphatic carbocycles. The second kappa shape index (κ2) is 30.4. The summed E-state index contributed by atoms with van der Waals surface area (Å²) in [4.78, 5) is 31.3. The standard InChI is InChI=1S/C84H120.H4O5P2/c1-77(2,3)49-45-61(81(13,14)15)53-57-35-25-29-39-65(57)71-72(66-40-30-26-36-58(66)54-62(82(16,17)18)46-50-78(4,5)6)74(68-42-32-28-38-60(68)56-64(84(22,23)24)48-52-80(10,11)12)76-70-44-34-33-43-69(70)75(76)73(71)67-41-31-27-37-59(67)55-63(83(19,20)21)47-51-79(7,8)9;1-6(2)5-7(3)4/h25-44,61-64H,45-56H2,1-24H3;1-4H. The Morgan fingerprint density at radius 2 is 0.484 bits per heavy atom. The summed E-state index contributed by atoms with van der Waals surface area (Å²) in [7, 11) is -5.22. The smallest absolute Gasteiger partial charge is 0.328 e. The molecule has 4 N–H and O–H groups in total. The van der Waals surface area contributed by atoms with E-state index in [0.717, 1.165) is 25.7 Å². The predicted molar refractivity (Wildman–Crippen MR) is 395 cm³/mol. The van der Waals surface area contributed by atoms with Crippen LogP contribution in [-0.2, 0) is 30.0 Å². The van der Waals surface area contributed by atoms with Gasteiger partial charge in [0.25, 0.3) is 0 Å². The van der Waals surface area contributed by atoms with Crippen molar-refractivity contribution in [1.82, 2.24) is 0 Å². The first-order chi connectivity index (χ1) is 41.8. The summed E-state index contributed by atoms with van der Waals surface area (Å²) in [5.41, 5.74) is 18.8. The largest absolute Gasteiger partial charge is 0.334 e. The minimum atomic E-state index is -2.61. The molecule has 0 radical (unpaired) electrons. The highest BCUT2D eigenvalue weighted by molar-refractivity contribution is 7.53. The number of hydrogen-bond acceptors (Lipinski definition) is 5. The van der Waals surface area contributed by atoms with Gasteiger partial charge in [-0.2, -0.15) is 0 Å². The van der Waals surface area contributed by atoms with E-state index < -0.39 is 17.2 Å². The fraction of sp³-hybridized carbons (Fsp3) is 0.571. The Bertz CT molecular complexity index is 3310. The van der Waals surface area contributed by atoms with Crippen LogP contribution in [0.4, 0.5) is 0 Å². The highest BCUT2D eigenvalue weighted by atomic mass is 31.2. The first-order valence-electron chi connectivity index (χ1n) is 34.6. The van der Waals surface area contributed by atoms with Crippen LogP contribution in [0.25, 0.3) is 44.5 Å². The summed E-state index contributed by atoms with van der Waals surface area (Å²) in [5, 5.41) is 5.66. The molecule has 91 heavy (non-hydrogen) atoms. The molecule has 6 aromatic carbocycles. The van der Waals surface area contributed by atoms with Crippen LogP contribution in [0.1, 0.15) is 240 Å². The highest BCUT2D eigenvalue weighted by Crippen LogP contribution is 2.54. The van der Waals surface area contributed by atoms with Gasteiger partial charge in [0, 0.05) is 0 Å². The Morgan fingerprint density at radius 3 is 0.670 bits per heavy atom. The topological polar surface area (TPSA) is 90.2 Å². The average molecular weight is 1280 g/mol. The molecule has 7 heteroatoms. The average Bonchev–Trinajstić information content (AvgIpc) is 0.686. The quantitative estimate of drug-likeness (QED) is 0.0508. The molecule has 0 fully saturated rings. The van der Waals surface area contributed by atoms with Crippen molar-refractivity contribution in [2.24, 2.45) is 67.0 Å². The summed E-state index contributed by atoms with van der Waals surface area (Å²) >= 11 is 0. The molecule has 1 aliphatic rings. The van der Waals surface area contributed by atoms with E-state index in [4.69, 9.17) is 19.6 Å². The summed E-state index contributed by atoms with van der Waals surface area (Å²) in [6.45, 7) is 59.2. The SMILES string of the molecule is CC(C)(C)CCC(Cc1ccccc1-c1c(-c2ccccc2CC(CCC(C)(C)C)C(C)(C)C)c(-c2ccccc2CC(CCC(C)(C)C)C(C)(C)C)c2c(c1-c1ccccc1CC(CCC(C)(C)C)C(C)(C)C)=c1ccccc1=2)C(C)(C)C.OP(O)OP(O)O. The Kier molecular flexibility index (Phi) is 25.4. The van der Waals surface area contributed by atoms with Crippen LogP contribution < -0.4 is 0 Å². The van der Waals surface area contributed by atoms with Crippen LogP contribution in [0.3, 0.4) is 0 Å². The van der Waals surface area contributed by atoms with E-state index in [0.29, 0.717) is 23.7 Å². The third-order valence-corrected chi connectivity index (χ3v) is 21.2. The monoisotopic (exact) mass is 1270 g/mol. The third-order valence-electron chi connectivity index (χ3n) is 20.0. The number of hydrogen-bond donors (Lipinski definition) is 4. The van der Waals surface area contributed by atoms with Crippen LogP contribution >= 0.6 is 17.2 Å². The lowest BCUT2D eigenvalue weighted by Gasteiger charge is -2.36. The van der Waals surface area contributed by atoms with E-state index in [1.54, 1.807) is 0 Å². The van der Waals surface area contributed by atoms with Gasteiger partial charge in [-0.1, -0.05) is 287 Å². The predicted octanol–water partition coefficient (Wildman–Crippen LogP) is 24.8. The number of benzene rings is 6. The molecular formula is C84H124O5P2. The van der Waals surface area contributed by atoms with Crippen molar-refractivity contribution in [1.29, 1.82) is 0 Å². The van der Waals surface area contributed by atoms with Crippen molar-refractivity contribution < 1.29 is 23.9 Å². The lowest BCUT2D eigenvalue weighted by molar-refractivity contribution is 0.194. The molecule has 0 saturated carbocycles. The van der Waals surface area contributed by atoms with E-state index >= 15 is 0 Å². The van der Waals surface area contributed by atoms with Gasteiger partial charge in [-0.05, 0) is 232 Å². The van der Waals surface area contributed by atoms with Crippen LogP contribution in [0, 0.1) is 87.9 Å². The Morgan fingerprint density at radius 1 is 0.286 bits per heavy atom. The molecule has 6 aromatic rings. The Hall–Kier alpha value is -4.02. The second-order valence-electron chi connectivity index (χ2n) is 36.5. The van der Waals surface area contributed by atoms with Gasteiger partial charge in [0.15, 0.2) is 0 Å². The number of rotatable bonds is 22. The van der Waals surface area contributed by atoms with Crippen LogP contribution in [0.5, 0.6) is 0 Å². The van der Waals surface area contributed by atoms with Crippen molar-refractivity contribution >= 4 is 17.2 Å². The third kappa shape index (κ3) is 21.7. The molecule has 4 unspecified atom stereocenters. The van der Waals surface area contributed by atoms with Gasteiger partial charge in [0.1, 0.15) is 0 Å². The van der Waals surface area contributed by atoms with Crippen molar-refractivity contribution in [2.75, 3.05) is 0 Å². The van der Waals surface area contributed by atoms with Crippen LogP contribution in [0.2, 0.25) is 0 Å². The van der Waals surface area contributed by atoms with E-state index in [1.165, 1.54) is 139 Å². The molecule has 0 spiro atoms. The molecule has 7 rings (SSSR count). The normalized spacial score (nSPS) is 14.7. The van der Waals surface area contributed by atoms with Crippen molar-refractivity contribution in [3.8, 4) is 44.5 Å². The molecule has 0 bridgehead atoms. The number of fused-ring (bicyclic) bond motifs is 2. The molecule has 500 valence electrons. The molecule has 0 heterocycles. The maximum Gasteiger partial charge on any atom is 0.334 e. The van der Waals surface area contributed by atoms with Crippen LogP contribution in [0.15, 0.2) is 121 Å². The first-order valence-corrected chi connectivity index (χ1v) is 36.9. The van der Waals surface area contributed by atoms with Gasteiger partial charge < -0.3 is 19.6 Å². The fourth-order valence-corrected chi connectivity index (χ4v) is 14.4. The van der Waals surface area contributed by atoms with E-state index in [-0.39, 0.29) is 43.3 Å². The lowest BCUT2D eigenvalue weighted by atomic mass is 9.68. The molecule has 0 saturated heterocycles. The molecular weight excluding hydrogens is 1150 g/mol. The van der Waals surface area contributed by atoms with Crippen molar-refractivity contribution in [3.63, 3.8) is 0 Å². The fourth-order valence-electron chi connectivity index (χ4n) is 13.9. The zero-order valence-electron chi connectivity index (χ0n) is 61.4. The van der Waals surface area contributed by atoms with E-state index in [2.05, 4.69) is 292 Å². The summed E-state index contributed by atoms with van der Waals surface area (Å²) in [5.74, 6) is 1.99. The van der Waals surface area contributed by atoms with Crippen molar-refractivity contribution in [3.05, 3.63) is 164 Å². The molecule has 0 aliphatic heterocycles. The van der Waals surface area contributed by atoms with Gasteiger partial charge >= 0.3 is 17.2 Å². The molecule has 0 amide bonds. The molecule has 5 nitrogen and oxygen atoms in total. The highest BCUT2D eigenvalue weighted by Gasteiger charge is 2.36. The van der Waals surface area contributed by atoms with E-state index in [1.807, 2.05) is 0 Å². The van der Waals surface area contributed by atoms with Gasteiger partial charge in [0.2, 0.25) is 0 Å². The summed E-state index contributed by atoms with van der Waals surface area (Å²) in [6, 6.07) is 48.7. The zero-order valence-corrected chi connectivity index (χ0v) is 63.2. The van der Waals surface area contributed by atoms with Gasteiger partial charge in [0.05, 0.1) is 0 Å². The Labute approximate surface area is 557 Å². The zero-order chi connectivity index (χ0) is 68.0. The second-order valence-corrected chi connectivity index (χ2v) is 38.1. The summed E-state index contributed by atoms with van der Waals surface area (Å²) in [6.07, 6.45) is 13.7. The molecule has 0 aromatic heterocycles. The minimum absolute atomic E-state index is 0.118. The molecule has 4 atom stereocenters. The van der Waals surface area contributed by atoms with Gasteiger partial charge in [-0.15, -0.1) is 0 Å². The van der Waals surface area contributed by atoms with E-state index in [9.17, 15) is 0 Å². The maximum absolute atomic E-state index is 7.82. The van der Waals surface area contributed by atoms with Crippen LogP contribution in [-0.4, -0.2) is 19.6 Å². The first kappa shape index (κ1) is 76.0. The van der Waals surface area contributed by atoms with Gasteiger partial charge in [-0.25, -0.2) is 4.31 Å². The minimum Gasteiger partial charge on any atom is -0.328 e. The Balaban J connectivity index is 0.00000177. The maximum atomic E-state index is 7.82. The van der Waals surface area contributed by atoms with Crippen molar-refractivity contribution in [2.45, 2.75) is 243 Å². The van der Waals surface area contributed by atoms with Gasteiger partial charge in [-0.3, -0.25) is 0 Å².